The highest BCUT2D eigenvalue weighted by Gasteiger charge is 2.19. The second-order valence-electron chi connectivity index (χ2n) is 3.24. The molecule has 1 aromatic rings. The first-order chi connectivity index (χ1) is 7.99. The van der Waals surface area contributed by atoms with E-state index in [0.717, 1.165) is 4.47 Å². The molecule has 0 heterocycles. The monoisotopic (exact) mass is 302 g/mol. The van der Waals surface area contributed by atoms with Gasteiger partial charge in [0.15, 0.2) is 0 Å². The molecule has 3 nitrogen and oxygen atoms in total. The molecule has 1 aromatic carbocycles. The SMILES string of the molecule is CC.CCOC(=O)c1c(C)c(Br)cc(C)c1O. The van der Waals surface area contributed by atoms with Crippen molar-refractivity contribution in [2.75, 3.05) is 6.61 Å². The van der Waals surface area contributed by atoms with Crippen molar-refractivity contribution >= 4 is 21.9 Å². The molecular weight excluding hydrogens is 284 g/mol. The molecule has 0 aromatic heterocycles. The Morgan fingerprint density at radius 3 is 2.41 bits per heavy atom. The summed E-state index contributed by atoms with van der Waals surface area (Å²) in [6, 6.07) is 1.77. The third-order valence-electron chi connectivity index (χ3n) is 2.17. The molecule has 0 radical (unpaired) electrons. The number of hydrogen-bond donors (Lipinski definition) is 1. The molecule has 0 saturated carbocycles. The normalized spacial score (nSPS) is 9.29. The zero-order chi connectivity index (χ0) is 13.6. The van der Waals surface area contributed by atoms with Crippen LogP contribution in [0.2, 0.25) is 0 Å². The molecule has 0 fully saturated rings. The lowest BCUT2D eigenvalue weighted by atomic mass is 10.0. The fourth-order valence-corrected chi connectivity index (χ4v) is 1.86. The van der Waals surface area contributed by atoms with Crippen molar-refractivity contribution in [3.05, 3.63) is 27.2 Å². The molecule has 0 spiro atoms. The molecule has 0 bridgehead atoms. The largest absolute Gasteiger partial charge is 0.507 e. The highest BCUT2D eigenvalue weighted by atomic mass is 79.9. The number of carbonyl (C=O) groups excluding carboxylic acids is 1. The van der Waals surface area contributed by atoms with Gasteiger partial charge in [-0.15, -0.1) is 0 Å². The number of ether oxygens (including phenoxy) is 1. The second kappa shape index (κ2) is 7.33. The lowest BCUT2D eigenvalue weighted by Gasteiger charge is -2.11. The summed E-state index contributed by atoms with van der Waals surface area (Å²) in [5, 5.41) is 9.78. The number of phenols is 1. The van der Waals surface area contributed by atoms with E-state index in [9.17, 15) is 9.90 Å². The fraction of sp³-hybridized carbons (Fsp3) is 0.462. The van der Waals surface area contributed by atoms with Crippen LogP contribution < -0.4 is 0 Å². The Bertz CT molecular complexity index is 374. The van der Waals surface area contributed by atoms with E-state index in [1.807, 2.05) is 13.8 Å². The lowest BCUT2D eigenvalue weighted by Crippen LogP contribution is -2.08. The molecular formula is C13H19BrO3. The minimum atomic E-state index is -0.489. The summed E-state index contributed by atoms with van der Waals surface area (Å²) in [7, 11) is 0. The first kappa shape index (κ1) is 16.0. The molecule has 4 heteroatoms. The Kier molecular flexibility index (Phi) is 6.88. The van der Waals surface area contributed by atoms with Gasteiger partial charge in [-0.25, -0.2) is 4.79 Å². The fourth-order valence-electron chi connectivity index (χ4n) is 1.31. The number of hydrogen-bond acceptors (Lipinski definition) is 3. The van der Waals surface area contributed by atoms with Gasteiger partial charge in [0.1, 0.15) is 11.3 Å². The standard InChI is InChI=1S/C11H13BrO3.C2H6/c1-4-15-11(14)9-7(3)8(12)5-6(2)10(9)13;1-2/h5,13H,4H2,1-3H3;1-2H3. The van der Waals surface area contributed by atoms with Crippen LogP contribution in [0.25, 0.3) is 0 Å². The van der Waals surface area contributed by atoms with E-state index in [0.29, 0.717) is 17.7 Å². The molecule has 0 saturated heterocycles. The van der Waals surface area contributed by atoms with Crippen LogP contribution in [-0.4, -0.2) is 17.7 Å². The smallest absolute Gasteiger partial charge is 0.342 e. The molecule has 0 atom stereocenters. The molecule has 1 rings (SSSR count). The number of carbonyl (C=O) groups is 1. The van der Waals surface area contributed by atoms with E-state index < -0.39 is 5.97 Å². The third-order valence-corrected chi connectivity index (χ3v) is 2.99. The number of rotatable bonds is 2. The Morgan fingerprint density at radius 2 is 1.94 bits per heavy atom. The van der Waals surface area contributed by atoms with Crippen molar-refractivity contribution in [1.29, 1.82) is 0 Å². The van der Waals surface area contributed by atoms with Crippen LogP contribution >= 0.6 is 15.9 Å². The van der Waals surface area contributed by atoms with E-state index in [1.165, 1.54) is 0 Å². The van der Waals surface area contributed by atoms with Gasteiger partial charge in [0.05, 0.1) is 6.61 Å². The van der Waals surface area contributed by atoms with Crippen molar-refractivity contribution in [1.82, 2.24) is 0 Å². The van der Waals surface area contributed by atoms with Crippen LogP contribution in [0.1, 0.15) is 42.3 Å². The Hall–Kier alpha value is -1.03. The van der Waals surface area contributed by atoms with Gasteiger partial charge in [0.2, 0.25) is 0 Å². The predicted octanol–water partition coefficient (Wildman–Crippen LogP) is 3.97. The number of phenolic OH excluding ortho intramolecular Hbond substituents is 1. The highest BCUT2D eigenvalue weighted by Crippen LogP contribution is 2.31. The van der Waals surface area contributed by atoms with Crippen LogP contribution in [0.3, 0.4) is 0 Å². The molecule has 0 unspecified atom stereocenters. The quantitative estimate of drug-likeness (QED) is 0.841. The zero-order valence-corrected chi connectivity index (χ0v) is 12.5. The maximum Gasteiger partial charge on any atom is 0.342 e. The average molecular weight is 303 g/mol. The average Bonchev–Trinajstić information content (AvgIpc) is 2.30. The van der Waals surface area contributed by atoms with Gasteiger partial charge >= 0.3 is 5.97 Å². The summed E-state index contributed by atoms with van der Waals surface area (Å²) >= 11 is 3.33. The van der Waals surface area contributed by atoms with Gasteiger partial charge in [-0.3, -0.25) is 0 Å². The van der Waals surface area contributed by atoms with E-state index in [-0.39, 0.29) is 11.3 Å². The number of halogens is 1. The topological polar surface area (TPSA) is 46.5 Å². The van der Waals surface area contributed by atoms with Crippen LogP contribution in [-0.2, 0) is 4.74 Å². The van der Waals surface area contributed by atoms with Crippen LogP contribution in [0.15, 0.2) is 10.5 Å². The summed E-state index contributed by atoms with van der Waals surface area (Å²) in [5.74, 6) is -0.494. The molecule has 0 aliphatic carbocycles. The maximum absolute atomic E-state index is 11.6. The van der Waals surface area contributed by atoms with Crippen molar-refractivity contribution in [2.24, 2.45) is 0 Å². The Morgan fingerprint density at radius 1 is 1.41 bits per heavy atom. The second-order valence-corrected chi connectivity index (χ2v) is 4.10. The summed E-state index contributed by atoms with van der Waals surface area (Å²) in [6.07, 6.45) is 0. The third kappa shape index (κ3) is 3.73. The zero-order valence-electron chi connectivity index (χ0n) is 10.9. The minimum absolute atomic E-state index is 0.00542. The summed E-state index contributed by atoms with van der Waals surface area (Å²) < 4.78 is 5.67. The highest BCUT2D eigenvalue weighted by molar-refractivity contribution is 9.10. The van der Waals surface area contributed by atoms with Gasteiger partial charge < -0.3 is 9.84 Å². The Balaban J connectivity index is 0.00000121. The van der Waals surface area contributed by atoms with Gasteiger partial charge in [0, 0.05) is 4.47 Å². The van der Waals surface area contributed by atoms with Crippen molar-refractivity contribution in [2.45, 2.75) is 34.6 Å². The van der Waals surface area contributed by atoms with Gasteiger partial charge in [-0.1, -0.05) is 29.8 Å². The minimum Gasteiger partial charge on any atom is -0.507 e. The number of benzene rings is 1. The summed E-state index contributed by atoms with van der Waals surface area (Å²) in [4.78, 5) is 11.6. The van der Waals surface area contributed by atoms with Gasteiger partial charge in [0.25, 0.3) is 0 Å². The molecule has 0 aliphatic rings. The number of aryl methyl sites for hydroxylation is 1. The van der Waals surface area contributed by atoms with Crippen molar-refractivity contribution in [3.63, 3.8) is 0 Å². The first-order valence-electron chi connectivity index (χ1n) is 5.64. The molecule has 0 amide bonds. The molecule has 1 N–H and O–H groups in total. The predicted molar refractivity (Wildman–Crippen MR) is 72.6 cm³/mol. The first-order valence-corrected chi connectivity index (χ1v) is 6.44. The summed E-state index contributed by atoms with van der Waals surface area (Å²) in [5.41, 5.74) is 1.58. The van der Waals surface area contributed by atoms with E-state index in [4.69, 9.17) is 4.74 Å². The Labute approximate surface area is 111 Å². The number of esters is 1. The van der Waals surface area contributed by atoms with E-state index in [2.05, 4.69) is 15.9 Å². The summed E-state index contributed by atoms with van der Waals surface area (Å²) in [6.45, 7) is 9.52. The molecule has 96 valence electrons. The van der Waals surface area contributed by atoms with Crippen LogP contribution in [0.4, 0.5) is 0 Å². The lowest BCUT2D eigenvalue weighted by molar-refractivity contribution is 0.0522. The van der Waals surface area contributed by atoms with E-state index >= 15 is 0 Å². The van der Waals surface area contributed by atoms with Crippen LogP contribution in [0.5, 0.6) is 5.75 Å². The van der Waals surface area contributed by atoms with Crippen molar-refractivity contribution < 1.29 is 14.6 Å². The van der Waals surface area contributed by atoms with Crippen molar-refractivity contribution in [3.8, 4) is 5.75 Å². The number of aromatic hydroxyl groups is 1. The van der Waals surface area contributed by atoms with E-state index in [1.54, 1.807) is 26.8 Å². The van der Waals surface area contributed by atoms with Gasteiger partial charge in [-0.2, -0.15) is 0 Å². The molecule has 17 heavy (non-hydrogen) atoms. The molecule has 0 aliphatic heterocycles. The van der Waals surface area contributed by atoms with Gasteiger partial charge in [-0.05, 0) is 38.0 Å². The van der Waals surface area contributed by atoms with Crippen LogP contribution in [0, 0.1) is 13.8 Å². The maximum atomic E-state index is 11.6.